The number of aromatic nitrogens is 3. The van der Waals surface area contributed by atoms with Crippen LogP contribution in [0, 0.1) is 0 Å². The summed E-state index contributed by atoms with van der Waals surface area (Å²) in [5.41, 5.74) is 2.12. The first-order valence-corrected chi connectivity index (χ1v) is 6.28. The Hall–Kier alpha value is -2.37. The van der Waals surface area contributed by atoms with Gasteiger partial charge in [-0.2, -0.15) is 5.10 Å². The highest BCUT2D eigenvalue weighted by Gasteiger charge is 2.10. The van der Waals surface area contributed by atoms with Gasteiger partial charge in [-0.15, -0.1) is 0 Å². The average molecular weight is 259 g/mol. The highest BCUT2D eigenvalue weighted by Crippen LogP contribution is 2.13. The van der Waals surface area contributed by atoms with E-state index in [2.05, 4.69) is 25.8 Å². The third-order valence-electron chi connectivity index (χ3n) is 2.62. The van der Waals surface area contributed by atoms with Gasteiger partial charge < -0.3 is 10.6 Å². The van der Waals surface area contributed by atoms with Gasteiger partial charge in [-0.1, -0.05) is 6.92 Å². The van der Waals surface area contributed by atoms with Crippen LogP contribution in [0.2, 0.25) is 0 Å². The van der Waals surface area contributed by atoms with Gasteiger partial charge >= 0.3 is 0 Å². The van der Waals surface area contributed by atoms with Crippen LogP contribution >= 0.6 is 0 Å². The maximum absolute atomic E-state index is 12.1. The third-order valence-corrected chi connectivity index (χ3v) is 2.62. The zero-order chi connectivity index (χ0) is 13.7. The standard InChI is InChI=1S/C13H17N5O/c1-3-10-5-9(6-12(17-10)14-4-2)13(19)18-11-7-15-16-8-11/h5-8H,3-4H2,1-2H3,(H,14,17)(H,15,16)(H,18,19). The molecule has 0 saturated carbocycles. The van der Waals surface area contributed by atoms with Crippen LogP contribution in [-0.4, -0.2) is 27.6 Å². The first-order valence-electron chi connectivity index (χ1n) is 6.28. The molecule has 0 spiro atoms. The van der Waals surface area contributed by atoms with E-state index in [4.69, 9.17) is 0 Å². The second-order valence-electron chi connectivity index (χ2n) is 4.06. The number of amides is 1. The molecule has 0 aromatic carbocycles. The van der Waals surface area contributed by atoms with Crippen molar-refractivity contribution in [1.29, 1.82) is 0 Å². The van der Waals surface area contributed by atoms with Crippen molar-refractivity contribution in [3.05, 3.63) is 35.8 Å². The first-order chi connectivity index (χ1) is 9.22. The van der Waals surface area contributed by atoms with Gasteiger partial charge in [0.1, 0.15) is 5.82 Å². The van der Waals surface area contributed by atoms with Crippen molar-refractivity contribution >= 4 is 17.4 Å². The molecule has 0 bridgehead atoms. The van der Waals surface area contributed by atoms with Crippen molar-refractivity contribution in [3.8, 4) is 0 Å². The quantitative estimate of drug-likeness (QED) is 0.767. The van der Waals surface area contributed by atoms with Gasteiger partial charge in [-0.3, -0.25) is 9.89 Å². The van der Waals surface area contributed by atoms with Gasteiger partial charge in [0.25, 0.3) is 5.91 Å². The van der Waals surface area contributed by atoms with Gasteiger partial charge in [-0.25, -0.2) is 4.98 Å². The molecular weight excluding hydrogens is 242 g/mol. The zero-order valence-corrected chi connectivity index (χ0v) is 11.0. The minimum Gasteiger partial charge on any atom is -0.370 e. The number of anilines is 2. The molecule has 100 valence electrons. The maximum atomic E-state index is 12.1. The molecule has 0 aliphatic rings. The van der Waals surface area contributed by atoms with Crippen LogP contribution in [0.15, 0.2) is 24.5 Å². The summed E-state index contributed by atoms with van der Waals surface area (Å²) in [5, 5.41) is 12.3. The fourth-order valence-electron chi connectivity index (χ4n) is 1.69. The summed E-state index contributed by atoms with van der Waals surface area (Å²) in [7, 11) is 0. The second kappa shape index (κ2) is 5.99. The lowest BCUT2D eigenvalue weighted by Gasteiger charge is -2.08. The molecule has 1 amide bonds. The number of nitrogens with one attached hydrogen (secondary N) is 3. The van der Waals surface area contributed by atoms with Crippen LogP contribution in [0.1, 0.15) is 29.9 Å². The number of carbonyl (C=O) groups excluding carboxylic acids is 1. The normalized spacial score (nSPS) is 10.2. The summed E-state index contributed by atoms with van der Waals surface area (Å²) in [4.78, 5) is 16.5. The fourth-order valence-corrected chi connectivity index (χ4v) is 1.69. The van der Waals surface area contributed by atoms with Gasteiger partial charge in [0.2, 0.25) is 0 Å². The lowest BCUT2D eigenvalue weighted by atomic mass is 10.2. The Balaban J connectivity index is 2.22. The van der Waals surface area contributed by atoms with Crippen molar-refractivity contribution in [2.75, 3.05) is 17.2 Å². The SMILES string of the molecule is CCNc1cc(C(=O)Nc2cn[nH]c2)cc(CC)n1. The molecule has 6 heteroatoms. The molecule has 0 aliphatic carbocycles. The molecule has 0 aliphatic heterocycles. The third kappa shape index (κ3) is 3.31. The Morgan fingerprint density at radius 3 is 2.84 bits per heavy atom. The number of aryl methyl sites for hydroxylation is 1. The Morgan fingerprint density at radius 2 is 2.21 bits per heavy atom. The van der Waals surface area contributed by atoms with Gasteiger partial charge in [0.05, 0.1) is 11.9 Å². The summed E-state index contributed by atoms with van der Waals surface area (Å²) in [6.07, 6.45) is 3.97. The summed E-state index contributed by atoms with van der Waals surface area (Å²) >= 11 is 0. The molecule has 6 nitrogen and oxygen atoms in total. The van der Waals surface area contributed by atoms with E-state index in [0.717, 1.165) is 24.5 Å². The van der Waals surface area contributed by atoms with Crippen molar-refractivity contribution in [3.63, 3.8) is 0 Å². The van der Waals surface area contributed by atoms with E-state index in [1.807, 2.05) is 13.8 Å². The Kier molecular flexibility index (Phi) is 4.12. The highest BCUT2D eigenvalue weighted by atomic mass is 16.1. The van der Waals surface area contributed by atoms with Gasteiger partial charge in [-0.05, 0) is 25.5 Å². The Morgan fingerprint density at radius 1 is 1.37 bits per heavy atom. The number of rotatable bonds is 5. The molecule has 2 aromatic rings. The summed E-state index contributed by atoms with van der Waals surface area (Å²) < 4.78 is 0. The van der Waals surface area contributed by atoms with Crippen molar-refractivity contribution in [2.45, 2.75) is 20.3 Å². The summed E-state index contributed by atoms with van der Waals surface area (Å²) in [6.45, 7) is 4.77. The number of pyridine rings is 1. The lowest BCUT2D eigenvalue weighted by Crippen LogP contribution is -2.13. The molecule has 3 N–H and O–H groups in total. The van der Waals surface area contributed by atoms with E-state index < -0.39 is 0 Å². The number of hydrogen-bond donors (Lipinski definition) is 3. The molecule has 2 aromatic heterocycles. The number of carbonyl (C=O) groups is 1. The largest absolute Gasteiger partial charge is 0.370 e. The topological polar surface area (TPSA) is 82.7 Å². The van der Waals surface area contributed by atoms with Crippen LogP contribution < -0.4 is 10.6 Å². The predicted molar refractivity (Wildman–Crippen MR) is 74.3 cm³/mol. The molecule has 0 unspecified atom stereocenters. The minimum atomic E-state index is -0.169. The number of aromatic amines is 1. The van der Waals surface area contributed by atoms with Gasteiger partial charge in [0.15, 0.2) is 0 Å². The van der Waals surface area contributed by atoms with E-state index in [-0.39, 0.29) is 5.91 Å². The van der Waals surface area contributed by atoms with Crippen molar-refractivity contribution in [1.82, 2.24) is 15.2 Å². The fraction of sp³-hybridized carbons (Fsp3) is 0.308. The average Bonchev–Trinajstić information content (AvgIpc) is 2.91. The monoisotopic (exact) mass is 259 g/mol. The maximum Gasteiger partial charge on any atom is 0.255 e. The van der Waals surface area contributed by atoms with E-state index in [1.165, 1.54) is 0 Å². The number of hydrogen-bond acceptors (Lipinski definition) is 4. The predicted octanol–water partition coefficient (Wildman–Crippen LogP) is 2.05. The van der Waals surface area contributed by atoms with Crippen molar-refractivity contribution < 1.29 is 4.79 Å². The first kappa shape index (κ1) is 13.1. The van der Waals surface area contributed by atoms with Crippen LogP contribution in [0.5, 0.6) is 0 Å². The second-order valence-corrected chi connectivity index (χ2v) is 4.06. The number of nitrogens with zero attached hydrogens (tertiary/aromatic N) is 2. The van der Waals surface area contributed by atoms with Crippen molar-refractivity contribution in [2.24, 2.45) is 0 Å². The minimum absolute atomic E-state index is 0.169. The summed E-state index contributed by atoms with van der Waals surface area (Å²) in [6, 6.07) is 3.55. The molecule has 2 heterocycles. The van der Waals surface area contributed by atoms with Crippen LogP contribution in [0.4, 0.5) is 11.5 Å². The molecule has 0 fully saturated rings. The zero-order valence-electron chi connectivity index (χ0n) is 11.0. The summed E-state index contributed by atoms with van der Waals surface area (Å²) in [5.74, 6) is 0.553. The molecule has 0 radical (unpaired) electrons. The van der Waals surface area contributed by atoms with Crippen LogP contribution in [-0.2, 0) is 6.42 Å². The van der Waals surface area contributed by atoms with E-state index in [1.54, 1.807) is 24.5 Å². The highest BCUT2D eigenvalue weighted by molar-refractivity contribution is 6.04. The van der Waals surface area contributed by atoms with E-state index in [0.29, 0.717) is 11.3 Å². The smallest absolute Gasteiger partial charge is 0.255 e. The van der Waals surface area contributed by atoms with E-state index in [9.17, 15) is 4.79 Å². The Bertz CT molecular complexity index is 550. The van der Waals surface area contributed by atoms with Crippen LogP contribution in [0.3, 0.4) is 0 Å². The molecule has 2 rings (SSSR count). The molecular formula is C13H17N5O. The molecule has 0 saturated heterocycles. The lowest BCUT2D eigenvalue weighted by molar-refractivity contribution is 0.102. The molecule has 0 atom stereocenters. The molecule has 19 heavy (non-hydrogen) atoms. The van der Waals surface area contributed by atoms with Gasteiger partial charge in [0, 0.05) is 24.0 Å². The van der Waals surface area contributed by atoms with Crippen LogP contribution in [0.25, 0.3) is 0 Å². The number of H-pyrrole nitrogens is 1. The Labute approximate surface area is 111 Å². The van der Waals surface area contributed by atoms with E-state index >= 15 is 0 Å².